The maximum absolute atomic E-state index is 13.6. The smallest absolute Gasteiger partial charge is 0.345 e. The number of fused-ring (bicyclic) bond motifs is 1. The minimum Gasteiger partial charge on any atom is -0.345 e. The van der Waals surface area contributed by atoms with Crippen molar-refractivity contribution in [2.24, 2.45) is 0 Å². The fraction of sp³-hybridized carbons (Fsp3) is 0.130. The summed E-state index contributed by atoms with van der Waals surface area (Å²) in [4.78, 5) is 24.7. The SMILES string of the molecule is O=C1Cc2cc(NC(=O)c3cc(F)cc(C(F)(F)F)c3)ccc2C(c2ccccc2Cl)N1. The van der Waals surface area contributed by atoms with E-state index in [1.54, 1.807) is 42.5 Å². The zero-order valence-corrected chi connectivity index (χ0v) is 17.0. The highest BCUT2D eigenvalue weighted by Gasteiger charge is 2.32. The fourth-order valence-electron chi connectivity index (χ4n) is 3.62. The lowest BCUT2D eigenvalue weighted by atomic mass is 9.89. The molecule has 1 atom stereocenters. The third-order valence-corrected chi connectivity index (χ3v) is 5.42. The van der Waals surface area contributed by atoms with Crippen LogP contribution in [0.2, 0.25) is 5.02 Å². The lowest BCUT2D eigenvalue weighted by Gasteiger charge is -2.28. The third-order valence-electron chi connectivity index (χ3n) is 5.07. The van der Waals surface area contributed by atoms with Gasteiger partial charge in [-0.15, -0.1) is 0 Å². The Bertz CT molecular complexity index is 1230. The number of amides is 2. The molecule has 3 aromatic carbocycles. The molecule has 1 aliphatic rings. The van der Waals surface area contributed by atoms with Crippen LogP contribution in [0.1, 0.15) is 38.7 Å². The van der Waals surface area contributed by atoms with Crippen molar-refractivity contribution < 1.29 is 27.2 Å². The van der Waals surface area contributed by atoms with Gasteiger partial charge in [0.2, 0.25) is 5.91 Å². The van der Waals surface area contributed by atoms with Crippen molar-refractivity contribution in [1.29, 1.82) is 0 Å². The van der Waals surface area contributed by atoms with Crippen molar-refractivity contribution >= 4 is 29.1 Å². The maximum atomic E-state index is 13.6. The predicted molar refractivity (Wildman–Crippen MR) is 111 cm³/mol. The zero-order chi connectivity index (χ0) is 23.0. The Balaban J connectivity index is 1.63. The largest absolute Gasteiger partial charge is 0.416 e. The second-order valence-corrected chi connectivity index (χ2v) is 7.70. The molecule has 4 nitrogen and oxygen atoms in total. The molecular weight excluding hydrogens is 448 g/mol. The Hall–Kier alpha value is -3.39. The number of anilines is 1. The second-order valence-electron chi connectivity index (χ2n) is 7.29. The van der Waals surface area contributed by atoms with E-state index >= 15 is 0 Å². The van der Waals surface area contributed by atoms with Gasteiger partial charge in [-0.1, -0.05) is 35.9 Å². The van der Waals surface area contributed by atoms with Gasteiger partial charge in [0.15, 0.2) is 0 Å². The molecule has 164 valence electrons. The van der Waals surface area contributed by atoms with Gasteiger partial charge in [0, 0.05) is 16.3 Å². The third kappa shape index (κ3) is 4.45. The van der Waals surface area contributed by atoms with Gasteiger partial charge in [0.1, 0.15) is 5.82 Å². The molecule has 4 rings (SSSR count). The Morgan fingerprint density at radius 1 is 1.03 bits per heavy atom. The summed E-state index contributed by atoms with van der Waals surface area (Å²) in [5.41, 5.74) is 0.653. The lowest BCUT2D eigenvalue weighted by molar-refractivity contribution is -0.137. The van der Waals surface area contributed by atoms with E-state index in [1.807, 2.05) is 0 Å². The van der Waals surface area contributed by atoms with Crippen molar-refractivity contribution in [3.8, 4) is 0 Å². The minimum absolute atomic E-state index is 0.0538. The van der Waals surface area contributed by atoms with Gasteiger partial charge in [-0.05, 0) is 53.1 Å². The molecule has 0 aliphatic carbocycles. The Labute approximate surface area is 185 Å². The van der Waals surface area contributed by atoms with E-state index in [1.165, 1.54) is 0 Å². The van der Waals surface area contributed by atoms with Gasteiger partial charge >= 0.3 is 6.18 Å². The topological polar surface area (TPSA) is 58.2 Å². The van der Waals surface area contributed by atoms with Crippen molar-refractivity contribution in [3.05, 3.63) is 99.3 Å². The van der Waals surface area contributed by atoms with E-state index in [-0.39, 0.29) is 18.0 Å². The molecule has 0 fully saturated rings. The van der Waals surface area contributed by atoms with Gasteiger partial charge in [-0.3, -0.25) is 9.59 Å². The van der Waals surface area contributed by atoms with Gasteiger partial charge in [-0.25, -0.2) is 4.39 Å². The monoisotopic (exact) mass is 462 g/mol. The summed E-state index contributed by atoms with van der Waals surface area (Å²) < 4.78 is 52.4. The van der Waals surface area contributed by atoms with Crippen LogP contribution < -0.4 is 10.6 Å². The second kappa shape index (κ2) is 8.27. The Morgan fingerprint density at radius 3 is 2.50 bits per heavy atom. The summed E-state index contributed by atoms with van der Waals surface area (Å²) in [6.45, 7) is 0. The van der Waals surface area contributed by atoms with Crippen molar-refractivity contribution in [3.63, 3.8) is 0 Å². The Morgan fingerprint density at radius 2 is 1.78 bits per heavy atom. The van der Waals surface area contributed by atoms with E-state index in [2.05, 4.69) is 10.6 Å². The minimum atomic E-state index is -4.79. The molecule has 0 saturated heterocycles. The highest BCUT2D eigenvalue weighted by atomic mass is 35.5. The number of rotatable bonds is 3. The number of hydrogen-bond acceptors (Lipinski definition) is 2. The van der Waals surface area contributed by atoms with Crippen LogP contribution in [0.4, 0.5) is 23.2 Å². The molecule has 2 N–H and O–H groups in total. The van der Waals surface area contributed by atoms with Crippen LogP contribution in [0.15, 0.2) is 60.7 Å². The van der Waals surface area contributed by atoms with Crippen LogP contribution in [-0.4, -0.2) is 11.8 Å². The van der Waals surface area contributed by atoms with Crippen molar-refractivity contribution in [1.82, 2.24) is 5.32 Å². The number of benzene rings is 3. The number of nitrogens with one attached hydrogen (secondary N) is 2. The normalized spacial score (nSPS) is 15.7. The highest BCUT2D eigenvalue weighted by molar-refractivity contribution is 6.31. The van der Waals surface area contributed by atoms with Crippen LogP contribution in [0.25, 0.3) is 0 Å². The zero-order valence-electron chi connectivity index (χ0n) is 16.3. The standard InChI is InChI=1S/C23H15ClF4N2O2/c24-19-4-2-1-3-18(19)21-17-6-5-16(9-12(17)10-20(31)30-21)29-22(32)13-7-14(23(26,27)28)11-15(25)8-13/h1-9,11,21H,10H2,(H,29,32)(H,30,31). The van der Waals surface area contributed by atoms with Crippen LogP contribution in [0.3, 0.4) is 0 Å². The molecule has 0 bridgehead atoms. The fourth-order valence-corrected chi connectivity index (χ4v) is 3.87. The summed E-state index contributed by atoms with van der Waals surface area (Å²) in [6, 6.07) is 13.0. The molecule has 3 aromatic rings. The predicted octanol–water partition coefficient (Wildman–Crippen LogP) is 5.51. The summed E-state index contributed by atoms with van der Waals surface area (Å²) in [7, 11) is 0. The molecule has 1 aliphatic heterocycles. The molecule has 0 saturated carbocycles. The van der Waals surface area contributed by atoms with Crippen LogP contribution >= 0.6 is 11.6 Å². The van der Waals surface area contributed by atoms with Crippen LogP contribution in [0.5, 0.6) is 0 Å². The first-order chi connectivity index (χ1) is 15.1. The highest BCUT2D eigenvalue weighted by Crippen LogP contribution is 2.34. The van der Waals surface area contributed by atoms with E-state index in [0.29, 0.717) is 28.3 Å². The van der Waals surface area contributed by atoms with E-state index < -0.39 is 35.1 Å². The molecule has 0 radical (unpaired) electrons. The number of alkyl halides is 3. The number of carbonyl (C=O) groups excluding carboxylic acids is 2. The molecular formula is C23H15ClF4N2O2. The van der Waals surface area contributed by atoms with E-state index in [0.717, 1.165) is 11.6 Å². The lowest BCUT2D eigenvalue weighted by Crippen LogP contribution is -2.36. The molecule has 2 amide bonds. The molecule has 1 heterocycles. The summed E-state index contributed by atoms with van der Waals surface area (Å²) >= 11 is 6.28. The van der Waals surface area contributed by atoms with E-state index in [9.17, 15) is 27.2 Å². The van der Waals surface area contributed by atoms with Gasteiger partial charge in [0.25, 0.3) is 5.91 Å². The average Bonchev–Trinajstić information content (AvgIpc) is 2.72. The van der Waals surface area contributed by atoms with Crippen molar-refractivity contribution in [2.45, 2.75) is 18.6 Å². The number of carbonyl (C=O) groups is 2. The first kappa shape index (κ1) is 21.8. The van der Waals surface area contributed by atoms with Gasteiger partial charge in [-0.2, -0.15) is 13.2 Å². The molecule has 0 aromatic heterocycles. The quantitative estimate of drug-likeness (QED) is 0.504. The number of hydrogen-bond donors (Lipinski definition) is 2. The summed E-state index contributed by atoms with van der Waals surface area (Å²) in [6.07, 6.45) is -4.73. The van der Waals surface area contributed by atoms with Gasteiger partial charge < -0.3 is 10.6 Å². The number of halogens is 5. The first-order valence-corrected chi connectivity index (χ1v) is 9.85. The molecule has 32 heavy (non-hydrogen) atoms. The average molecular weight is 463 g/mol. The molecule has 1 unspecified atom stereocenters. The van der Waals surface area contributed by atoms with E-state index in [4.69, 9.17) is 11.6 Å². The maximum Gasteiger partial charge on any atom is 0.416 e. The van der Waals surface area contributed by atoms with Crippen molar-refractivity contribution in [2.75, 3.05) is 5.32 Å². The molecule has 0 spiro atoms. The van der Waals surface area contributed by atoms with Gasteiger partial charge in [0.05, 0.1) is 18.0 Å². The summed E-state index contributed by atoms with van der Waals surface area (Å²) in [5, 5.41) is 5.83. The first-order valence-electron chi connectivity index (χ1n) is 9.47. The van der Waals surface area contributed by atoms with Crippen LogP contribution in [-0.2, 0) is 17.4 Å². The molecule has 9 heteroatoms. The summed E-state index contributed by atoms with van der Waals surface area (Å²) in [5.74, 6) is -2.32. The Kier molecular flexibility index (Phi) is 5.64. The van der Waals surface area contributed by atoms with Crippen LogP contribution in [0, 0.1) is 5.82 Å².